The van der Waals surface area contributed by atoms with Gasteiger partial charge in [0.05, 0.1) is 13.3 Å². The van der Waals surface area contributed by atoms with Crippen LogP contribution in [0.2, 0.25) is 0 Å². The third-order valence-electron chi connectivity index (χ3n) is 5.22. The number of nitrogens with zero attached hydrogens (tertiary/aromatic N) is 1. The van der Waals surface area contributed by atoms with Gasteiger partial charge in [0.2, 0.25) is 0 Å². The molecule has 4 rings (SSSR count). The van der Waals surface area contributed by atoms with Gasteiger partial charge in [0, 0.05) is 5.56 Å². The fourth-order valence-electron chi connectivity index (χ4n) is 3.51. The van der Waals surface area contributed by atoms with Crippen LogP contribution in [0.4, 0.5) is 0 Å². The van der Waals surface area contributed by atoms with Crippen molar-refractivity contribution in [2.45, 2.75) is 13.5 Å². The summed E-state index contributed by atoms with van der Waals surface area (Å²) in [6.45, 7) is 2.32. The van der Waals surface area contributed by atoms with Gasteiger partial charge in [-0.15, -0.1) is 0 Å². The lowest BCUT2D eigenvalue weighted by atomic mass is 10.1. The van der Waals surface area contributed by atoms with E-state index in [1.54, 1.807) is 19.4 Å². The first-order valence-electron chi connectivity index (χ1n) is 10.3. The molecular formula is C27H24N2O3. The van der Waals surface area contributed by atoms with Gasteiger partial charge < -0.3 is 9.47 Å². The molecule has 4 aromatic rings. The SMILES string of the molecule is COc1cc(/C=N\NC(=O)c2ccccc2C)ccc1OCc1cccc2ccccc12. The monoisotopic (exact) mass is 424 g/mol. The molecule has 5 heteroatoms. The zero-order valence-electron chi connectivity index (χ0n) is 18.0. The number of aryl methyl sites for hydroxylation is 1. The quantitative estimate of drug-likeness (QED) is 0.315. The molecule has 0 spiro atoms. The second-order valence-electron chi connectivity index (χ2n) is 7.35. The maximum absolute atomic E-state index is 12.3. The minimum absolute atomic E-state index is 0.249. The van der Waals surface area contributed by atoms with Crippen molar-refractivity contribution in [3.63, 3.8) is 0 Å². The number of hydrogen-bond donors (Lipinski definition) is 1. The first-order chi connectivity index (χ1) is 15.7. The molecule has 5 nitrogen and oxygen atoms in total. The zero-order chi connectivity index (χ0) is 22.3. The van der Waals surface area contributed by atoms with E-state index in [2.05, 4.69) is 34.8 Å². The number of methoxy groups -OCH3 is 1. The molecule has 0 atom stereocenters. The molecule has 32 heavy (non-hydrogen) atoms. The van der Waals surface area contributed by atoms with Crippen LogP contribution in [-0.4, -0.2) is 19.2 Å². The lowest BCUT2D eigenvalue weighted by molar-refractivity contribution is 0.0954. The number of hydrazone groups is 1. The van der Waals surface area contributed by atoms with Crippen molar-refractivity contribution < 1.29 is 14.3 Å². The average Bonchev–Trinajstić information content (AvgIpc) is 2.83. The van der Waals surface area contributed by atoms with E-state index in [0.29, 0.717) is 23.7 Å². The van der Waals surface area contributed by atoms with Crippen LogP contribution < -0.4 is 14.9 Å². The summed E-state index contributed by atoms with van der Waals surface area (Å²) in [5, 5.41) is 6.42. The van der Waals surface area contributed by atoms with Crippen molar-refractivity contribution in [3.8, 4) is 11.5 Å². The first kappa shape index (κ1) is 21.1. The van der Waals surface area contributed by atoms with E-state index in [4.69, 9.17) is 9.47 Å². The van der Waals surface area contributed by atoms with Crippen LogP contribution >= 0.6 is 0 Å². The predicted molar refractivity (Wildman–Crippen MR) is 128 cm³/mol. The smallest absolute Gasteiger partial charge is 0.271 e. The number of ether oxygens (including phenoxy) is 2. The number of rotatable bonds is 7. The molecule has 0 aliphatic carbocycles. The topological polar surface area (TPSA) is 59.9 Å². The Balaban J connectivity index is 1.44. The number of amides is 1. The fraction of sp³-hybridized carbons (Fsp3) is 0.111. The van der Waals surface area contributed by atoms with Crippen molar-refractivity contribution in [2.24, 2.45) is 5.10 Å². The Hall–Kier alpha value is -4.12. The van der Waals surface area contributed by atoms with Crippen molar-refractivity contribution in [2.75, 3.05) is 7.11 Å². The minimum Gasteiger partial charge on any atom is -0.493 e. The van der Waals surface area contributed by atoms with Gasteiger partial charge in [0.15, 0.2) is 11.5 Å². The number of carbonyl (C=O) groups excluding carboxylic acids is 1. The van der Waals surface area contributed by atoms with Crippen LogP contribution in [0, 0.1) is 6.92 Å². The van der Waals surface area contributed by atoms with E-state index in [1.807, 2.05) is 61.5 Å². The molecule has 1 amide bonds. The van der Waals surface area contributed by atoms with E-state index in [9.17, 15) is 4.79 Å². The number of carbonyl (C=O) groups is 1. The van der Waals surface area contributed by atoms with Gasteiger partial charge in [0.25, 0.3) is 5.91 Å². The Morgan fingerprint density at radius 2 is 1.72 bits per heavy atom. The summed E-state index contributed by atoms with van der Waals surface area (Å²) in [5.74, 6) is 0.988. The van der Waals surface area contributed by atoms with Crippen LogP contribution in [0.5, 0.6) is 11.5 Å². The van der Waals surface area contributed by atoms with Gasteiger partial charge in [-0.25, -0.2) is 5.43 Å². The molecule has 0 aliphatic rings. The third-order valence-corrected chi connectivity index (χ3v) is 5.22. The Bertz CT molecular complexity index is 1280. The summed E-state index contributed by atoms with van der Waals surface area (Å²) >= 11 is 0. The third kappa shape index (κ3) is 4.78. The highest BCUT2D eigenvalue weighted by Crippen LogP contribution is 2.29. The maximum atomic E-state index is 12.3. The van der Waals surface area contributed by atoms with Crippen molar-refractivity contribution in [1.29, 1.82) is 0 Å². The Morgan fingerprint density at radius 1 is 0.938 bits per heavy atom. The first-order valence-corrected chi connectivity index (χ1v) is 10.3. The molecule has 0 saturated carbocycles. The predicted octanol–water partition coefficient (Wildman–Crippen LogP) is 5.50. The summed E-state index contributed by atoms with van der Waals surface area (Å²) < 4.78 is 11.6. The standard InChI is InChI=1S/C27H24N2O3/c1-19-8-3-5-12-23(19)27(30)29-28-17-20-14-15-25(26(16-20)31-2)32-18-22-11-7-10-21-9-4-6-13-24(21)22/h3-17H,18H2,1-2H3,(H,29,30)/b28-17-. The highest BCUT2D eigenvalue weighted by atomic mass is 16.5. The van der Waals surface area contributed by atoms with E-state index in [1.165, 1.54) is 10.8 Å². The van der Waals surface area contributed by atoms with Crippen LogP contribution in [-0.2, 0) is 6.61 Å². The summed E-state index contributed by atoms with van der Waals surface area (Å²) in [5.41, 5.74) is 5.94. The lowest BCUT2D eigenvalue weighted by Gasteiger charge is -2.12. The molecule has 1 N–H and O–H groups in total. The Kier molecular flexibility index (Phi) is 6.46. The fourth-order valence-corrected chi connectivity index (χ4v) is 3.51. The average molecular weight is 425 g/mol. The molecule has 0 bridgehead atoms. The maximum Gasteiger partial charge on any atom is 0.271 e. The van der Waals surface area contributed by atoms with Crippen LogP contribution in [0.3, 0.4) is 0 Å². The van der Waals surface area contributed by atoms with Gasteiger partial charge >= 0.3 is 0 Å². The molecular weight excluding hydrogens is 400 g/mol. The highest BCUT2D eigenvalue weighted by molar-refractivity contribution is 5.96. The Morgan fingerprint density at radius 3 is 2.56 bits per heavy atom. The minimum atomic E-state index is -0.249. The van der Waals surface area contributed by atoms with E-state index in [0.717, 1.165) is 16.7 Å². The molecule has 0 aliphatic heterocycles. The Labute approximate surface area is 187 Å². The molecule has 4 aromatic carbocycles. The zero-order valence-corrected chi connectivity index (χ0v) is 18.0. The summed E-state index contributed by atoms with van der Waals surface area (Å²) in [7, 11) is 1.60. The summed E-state index contributed by atoms with van der Waals surface area (Å²) in [6, 6.07) is 27.3. The summed E-state index contributed by atoms with van der Waals surface area (Å²) in [4.78, 5) is 12.3. The highest BCUT2D eigenvalue weighted by Gasteiger charge is 2.09. The van der Waals surface area contributed by atoms with Crippen LogP contribution in [0.15, 0.2) is 90.0 Å². The molecule has 0 unspecified atom stereocenters. The van der Waals surface area contributed by atoms with Crippen LogP contribution in [0.25, 0.3) is 10.8 Å². The van der Waals surface area contributed by atoms with Crippen molar-refractivity contribution >= 4 is 22.9 Å². The van der Waals surface area contributed by atoms with Gasteiger partial charge in [-0.05, 0) is 58.7 Å². The van der Waals surface area contributed by atoms with E-state index in [-0.39, 0.29) is 5.91 Å². The molecule has 0 saturated heterocycles. The van der Waals surface area contributed by atoms with Gasteiger partial charge in [0.1, 0.15) is 6.61 Å². The van der Waals surface area contributed by atoms with Crippen LogP contribution in [0.1, 0.15) is 27.0 Å². The molecule has 0 heterocycles. The number of benzene rings is 4. The second kappa shape index (κ2) is 9.79. The normalized spacial score (nSPS) is 10.9. The van der Waals surface area contributed by atoms with Gasteiger partial charge in [-0.3, -0.25) is 4.79 Å². The lowest BCUT2D eigenvalue weighted by Crippen LogP contribution is -2.18. The largest absolute Gasteiger partial charge is 0.493 e. The second-order valence-corrected chi connectivity index (χ2v) is 7.35. The molecule has 0 radical (unpaired) electrons. The number of fused-ring (bicyclic) bond motifs is 1. The molecule has 0 aromatic heterocycles. The van der Waals surface area contributed by atoms with Crippen molar-refractivity contribution in [1.82, 2.24) is 5.43 Å². The van der Waals surface area contributed by atoms with Gasteiger partial charge in [-0.1, -0.05) is 60.7 Å². The number of nitrogens with one attached hydrogen (secondary N) is 1. The van der Waals surface area contributed by atoms with E-state index >= 15 is 0 Å². The van der Waals surface area contributed by atoms with Crippen molar-refractivity contribution in [3.05, 3.63) is 107 Å². The number of hydrogen-bond acceptors (Lipinski definition) is 4. The van der Waals surface area contributed by atoms with Gasteiger partial charge in [-0.2, -0.15) is 5.10 Å². The summed E-state index contributed by atoms with van der Waals surface area (Å²) in [6.07, 6.45) is 1.58. The molecule has 160 valence electrons. The van der Waals surface area contributed by atoms with E-state index < -0.39 is 0 Å². The molecule has 0 fully saturated rings.